The molecule has 0 unspecified atom stereocenters. The molecule has 0 amide bonds. The Hall–Kier alpha value is 0.756. The molecule has 0 aliphatic carbocycles. The van der Waals surface area contributed by atoms with Crippen LogP contribution in [0.5, 0.6) is 0 Å². The van der Waals surface area contributed by atoms with E-state index in [0.717, 1.165) is 0 Å². The predicted octanol–water partition coefficient (Wildman–Crippen LogP) is -3.03. The molecule has 0 saturated carbocycles. The maximum absolute atomic E-state index is 8.44. The fourth-order valence-corrected chi connectivity index (χ4v) is 0. The third kappa shape index (κ3) is 267. The van der Waals surface area contributed by atoms with E-state index in [2.05, 4.69) is 0 Å². The summed E-state index contributed by atoms with van der Waals surface area (Å²) in [6, 6.07) is 0. The van der Waals surface area contributed by atoms with E-state index in [1.54, 1.807) is 0 Å². The van der Waals surface area contributed by atoms with Crippen molar-refractivity contribution in [3.05, 3.63) is 0 Å². The Morgan fingerprint density at radius 3 is 1.14 bits per heavy atom. The van der Waals surface area contributed by atoms with Crippen LogP contribution < -0.4 is 0 Å². The quantitative estimate of drug-likeness (QED) is 0.262. The molecule has 0 aromatic rings. The second kappa shape index (κ2) is 15.9. The Bertz CT molecular complexity index is 31.1. The van der Waals surface area contributed by atoms with E-state index < -0.39 is 11.4 Å². The zero-order chi connectivity index (χ0) is 3.58. The number of hydrogen-bond acceptors (Lipinski definition) is 3. The van der Waals surface area contributed by atoms with Gasteiger partial charge in [-0.05, 0) is 0 Å². The van der Waals surface area contributed by atoms with Gasteiger partial charge in [0, 0.05) is 0 Å². The summed E-state index contributed by atoms with van der Waals surface area (Å²) in [5.41, 5.74) is 0. The van der Waals surface area contributed by atoms with Gasteiger partial charge in [-0.25, -0.2) is 0 Å². The van der Waals surface area contributed by atoms with Gasteiger partial charge >= 0.3 is 23.1 Å². The summed E-state index contributed by atoms with van der Waals surface area (Å²) in [5, 5.41) is 0. The molecule has 0 rings (SSSR count). The molecule has 5 nitrogen and oxygen atoms in total. The van der Waals surface area contributed by atoms with E-state index in [1.165, 1.54) is 0 Å². The van der Waals surface area contributed by atoms with E-state index in [4.69, 9.17) is 13.3 Å². The van der Waals surface area contributed by atoms with Crippen molar-refractivity contribution in [3.63, 3.8) is 0 Å². The molecule has 0 atom stereocenters. The largest absolute Gasteiger partial charge is 2.00 e. The predicted molar refractivity (Wildman–Crippen MR) is 22.7 cm³/mol. The van der Waals surface area contributed by atoms with Crippen LogP contribution in [0.2, 0.25) is 0 Å². The van der Waals surface area contributed by atoms with E-state index in [9.17, 15) is 0 Å². The van der Waals surface area contributed by atoms with E-state index >= 15 is 0 Å². The van der Waals surface area contributed by atoms with E-state index in [-0.39, 0.29) is 34.0 Å². The standard InChI is InChI=1S/Mg.H2O3S.2H2O/c;1-4(2)3;;/h;(H2,1,2,3);2*1H2/q+2;;;/p-2. The minimum atomic E-state index is -3.11. The summed E-state index contributed by atoms with van der Waals surface area (Å²) in [6.07, 6.45) is 0. The fourth-order valence-electron chi connectivity index (χ4n) is 0. The minimum Gasteiger partial charge on any atom is -0.784 e. The van der Waals surface area contributed by atoms with Crippen molar-refractivity contribution < 1.29 is 24.3 Å². The molecule has 42 valence electrons. The monoisotopic (exact) mass is 140 g/mol. The van der Waals surface area contributed by atoms with E-state index in [1.807, 2.05) is 0 Å². The first-order valence-electron chi connectivity index (χ1n) is 0.500. The Morgan fingerprint density at radius 2 is 1.14 bits per heavy atom. The topological polar surface area (TPSA) is 126 Å². The molecule has 0 aliphatic heterocycles. The zero-order valence-corrected chi connectivity index (χ0v) is 5.57. The molecule has 0 radical (unpaired) electrons. The van der Waals surface area contributed by atoms with Gasteiger partial charge in [0.1, 0.15) is 0 Å². The van der Waals surface area contributed by atoms with Crippen LogP contribution in [0.4, 0.5) is 0 Å². The van der Waals surface area contributed by atoms with Gasteiger partial charge in [-0.3, -0.25) is 4.21 Å². The Labute approximate surface area is 59.0 Å². The zero-order valence-electron chi connectivity index (χ0n) is 3.34. The molecule has 0 heterocycles. The van der Waals surface area contributed by atoms with Crippen molar-refractivity contribution in [2.45, 2.75) is 0 Å². The van der Waals surface area contributed by atoms with Crippen LogP contribution in [0.1, 0.15) is 0 Å². The van der Waals surface area contributed by atoms with Gasteiger partial charge in [-0.2, -0.15) is 0 Å². The summed E-state index contributed by atoms with van der Waals surface area (Å²) in [7, 11) is 0. The molecule has 7 heteroatoms. The summed E-state index contributed by atoms with van der Waals surface area (Å²) in [6.45, 7) is 0. The van der Waals surface area contributed by atoms with Crippen molar-refractivity contribution in [1.29, 1.82) is 0 Å². The normalized spacial score (nSPS) is 5.00. The van der Waals surface area contributed by atoms with Crippen LogP contribution in [-0.4, -0.2) is 47.3 Å². The smallest absolute Gasteiger partial charge is 0.784 e. The Morgan fingerprint density at radius 1 is 1.14 bits per heavy atom. The van der Waals surface area contributed by atoms with Crippen LogP contribution in [0, 0.1) is 0 Å². The van der Waals surface area contributed by atoms with Gasteiger partial charge in [-0.15, -0.1) is 11.4 Å². The second-order valence-electron chi connectivity index (χ2n) is 0.204. The van der Waals surface area contributed by atoms with Crippen LogP contribution in [-0.2, 0) is 11.4 Å². The average molecular weight is 140 g/mol. The molecule has 0 aromatic heterocycles. The molecular formula is H4MgO5S. The summed E-state index contributed by atoms with van der Waals surface area (Å²) in [5.74, 6) is 0. The molecule has 0 bridgehead atoms. The molecule has 0 aromatic carbocycles. The van der Waals surface area contributed by atoms with Gasteiger partial charge < -0.3 is 20.1 Å². The van der Waals surface area contributed by atoms with Crippen LogP contribution >= 0.6 is 0 Å². The van der Waals surface area contributed by atoms with Crippen LogP contribution in [0.15, 0.2) is 0 Å². The van der Waals surface area contributed by atoms with Gasteiger partial charge in [-0.1, -0.05) is 0 Å². The maximum atomic E-state index is 8.44. The van der Waals surface area contributed by atoms with E-state index in [0.29, 0.717) is 0 Å². The van der Waals surface area contributed by atoms with Gasteiger partial charge in [0.2, 0.25) is 0 Å². The average Bonchev–Trinajstić information content (AvgIpc) is 0.811. The van der Waals surface area contributed by atoms with Gasteiger partial charge in [0.15, 0.2) is 0 Å². The summed E-state index contributed by atoms with van der Waals surface area (Å²) < 4.78 is 25.3. The second-order valence-corrected chi connectivity index (χ2v) is 0.612. The van der Waals surface area contributed by atoms with Crippen molar-refractivity contribution in [2.75, 3.05) is 0 Å². The SMILES string of the molecule is O.O.O=S([O-])[O-].[Mg+2]. The van der Waals surface area contributed by atoms with Gasteiger partial charge in [0.25, 0.3) is 0 Å². The maximum Gasteiger partial charge on any atom is 2.00 e. The van der Waals surface area contributed by atoms with Crippen molar-refractivity contribution in [3.8, 4) is 0 Å². The first-order valence-corrected chi connectivity index (χ1v) is 1.50. The van der Waals surface area contributed by atoms with Crippen molar-refractivity contribution >= 4 is 34.4 Å². The van der Waals surface area contributed by atoms with Crippen molar-refractivity contribution in [1.82, 2.24) is 0 Å². The molecular weight excluding hydrogens is 136 g/mol. The van der Waals surface area contributed by atoms with Crippen molar-refractivity contribution in [2.24, 2.45) is 0 Å². The Kier molecular flexibility index (Phi) is 56.9. The summed E-state index contributed by atoms with van der Waals surface area (Å²) in [4.78, 5) is 0. The first-order chi connectivity index (χ1) is 1.73. The van der Waals surface area contributed by atoms with Crippen LogP contribution in [0.3, 0.4) is 0 Å². The molecule has 0 aliphatic rings. The number of rotatable bonds is 0. The molecule has 4 N–H and O–H groups in total. The fraction of sp³-hybridized carbons (Fsp3) is 0. The molecule has 0 fully saturated rings. The molecule has 0 saturated heterocycles. The van der Waals surface area contributed by atoms with Gasteiger partial charge in [0.05, 0.1) is 0 Å². The first kappa shape index (κ1) is 25.1. The number of hydrogen-bond donors (Lipinski definition) is 0. The van der Waals surface area contributed by atoms with Crippen LogP contribution in [0.25, 0.3) is 0 Å². The third-order valence-electron chi connectivity index (χ3n) is 0. The Balaban J connectivity index is -0.0000000150. The molecule has 0 spiro atoms. The summed E-state index contributed by atoms with van der Waals surface area (Å²) >= 11 is -3.11. The third-order valence-corrected chi connectivity index (χ3v) is 0. The molecule has 7 heavy (non-hydrogen) atoms. The minimum absolute atomic E-state index is 0.